The average molecular weight is 439 g/mol. The zero-order chi connectivity index (χ0) is 22.0. The predicted molar refractivity (Wildman–Crippen MR) is 127 cm³/mol. The van der Waals surface area contributed by atoms with E-state index in [4.69, 9.17) is 9.98 Å². The Morgan fingerprint density at radius 2 is 1.81 bits per heavy atom. The van der Waals surface area contributed by atoms with Crippen LogP contribution in [0.1, 0.15) is 29.5 Å². The van der Waals surface area contributed by atoms with Crippen LogP contribution in [0, 0.1) is 19.7 Å². The number of hydrogen-bond acceptors (Lipinski definition) is 5. The third kappa shape index (κ3) is 5.05. The minimum atomic E-state index is -0.469. The van der Waals surface area contributed by atoms with E-state index < -0.39 is 5.66 Å². The van der Waals surface area contributed by atoms with Crippen molar-refractivity contribution in [3.8, 4) is 0 Å². The highest BCUT2D eigenvalue weighted by atomic mass is 32.2. The fraction of sp³-hybridized carbons (Fsp3) is 0.375. The third-order valence-corrected chi connectivity index (χ3v) is 6.83. The SMILES string of the molecule is Cc1ccc(NC(=O)CSC2=NC3(CCN(C)CC3)N=C2c2ccc(F)cc2)cc1C. The van der Waals surface area contributed by atoms with E-state index in [0.717, 1.165) is 53.5 Å². The van der Waals surface area contributed by atoms with Crippen LogP contribution in [-0.4, -0.2) is 53.1 Å². The van der Waals surface area contributed by atoms with Crippen LogP contribution in [0.25, 0.3) is 0 Å². The summed E-state index contributed by atoms with van der Waals surface area (Å²) in [6.07, 6.45) is 1.68. The standard InChI is InChI=1S/C24H27FN4OS/c1-16-4-9-20(14-17(16)2)26-21(30)15-31-23-22(18-5-7-19(25)8-6-18)27-24(28-23)10-12-29(3)13-11-24/h4-9,14H,10-13,15H2,1-3H3,(H,26,30). The number of benzene rings is 2. The Balaban J connectivity index is 1.50. The molecule has 2 aromatic rings. The number of carbonyl (C=O) groups excluding carboxylic acids is 1. The molecule has 1 fully saturated rings. The second-order valence-corrected chi connectivity index (χ2v) is 9.27. The molecule has 162 valence electrons. The van der Waals surface area contributed by atoms with Crippen molar-refractivity contribution in [1.29, 1.82) is 0 Å². The van der Waals surface area contributed by atoms with Crippen LogP contribution >= 0.6 is 11.8 Å². The number of anilines is 1. The molecule has 1 saturated heterocycles. The lowest BCUT2D eigenvalue weighted by Gasteiger charge is -2.33. The van der Waals surface area contributed by atoms with Crippen LogP contribution in [0.3, 0.4) is 0 Å². The number of nitrogens with one attached hydrogen (secondary N) is 1. The second kappa shape index (κ2) is 8.93. The normalized spacial score (nSPS) is 18.1. The fourth-order valence-corrected chi connectivity index (χ4v) is 4.64. The Morgan fingerprint density at radius 1 is 1.10 bits per heavy atom. The molecule has 2 heterocycles. The molecule has 0 aromatic heterocycles. The summed E-state index contributed by atoms with van der Waals surface area (Å²) >= 11 is 1.39. The molecule has 1 amide bonds. The fourth-order valence-electron chi connectivity index (χ4n) is 3.77. The number of piperidine rings is 1. The van der Waals surface area contributed by atoms with Crippen molar-refractivity contribution < 1.29 is 9.18 Å². The van der Waals surface area contributed by atoms with Crippen molar-refractivity contribution in [2.45, 2.75) is 32.4 Å². The van der Waals surface area contributed by atoms with E-state index in [2.05, 4.69) is 17.3 Å². The van der Waals surface area contributed by atoms with Gasteiger partial charge in [0.2, 0.25) is 5.91 Å². The lowest BCUT2D eigenvalue weighted by atomic mass is 9.99. The van der Waals surface area contributed by atoms with Gasteiger partial charge in [-0.25, -0.2) is 9.38 Å². The molecule has 2 aliphatic rings. The maximum absolute atomic E-state index is 13.4. The Hall–Kier alpha value is -2.51. The van der Waals surface area contributed by atoms with Crippen LogP contribution in [0.5, 0.6) is 0 Å². The molecule has 4 rings (SSSR count). The summed E-state index contributed by atoms with van der Waals surface area (Å²) in [4.78, 5) is 24.8. The monoisotopic (exact) mass is 438 g/mol. The van der Waals surface area contributed by atoms with Gasteiger partial charge in [0, 0.05) is 37.2 Å². The molecule has 7 heteroatoms. The van der Waals surface area contributed by atoms with Crippen molar-refractivity contribution >= 4 is 34.1 Å². The summed E-state index contributed by atoms with van der Waals surface area (Å²) < 4.78 is 13.4. The zero-order valence-electron chi connectivity index (χ0n) is 18.1. The predicted octanol–water partition coefficient (Wildman–Crippen LogP) is 4.44. The van der Waals surface area contributed by atoms with E-state index in [9.17, 15) is 9.18 Å². The number of halogens is 1. The van der Waals surface area contributed by atoms with Crippen molar-refractivity contribution in [1.82, 2.24) is 4.90 Å². The number of aliphatic imine (C=N–C) groups is 2. The highest BCUT2D eigenvalue weighted by Crippen LogP contribution is 2.35. The first-order valence-corrected chi connectivity index (χ1v) is 11.5. The lowest BCUT2D eigenvalue weighted by molar-refractivity contribution is -0.113. The first-order valence-electron chi connectivity index (χ1n) is 10.5. The van der Waals surface area contributed by atoms with E-state index in [1.807, 2.05) is 32.0 Å². The van der Waals surface area contributed by atoms with Gasteiger partial charge in [0.1, 0.15) is 10.9 Å². The summed E-state index contributed by atoms with van der Waals surface area (Å²) in [5, 5.41) is 3.72. The summed E-state index contributed by atoms with van der Waals surface area (Å²) in [5.74, 6) is -0.129. The summed E-state index contributed by atoms with van der Waals surface area (Å²) in [5.41, 5.74) is 4.24. The van der Waals surface area contributed by atoms with Gasteiger partial charge in [-0.15, -0.1) is 0 Å². The molecule has 2 aliphatic heterocycles. The van der Waals surface area contributed by atoms with Gasteiger partial charge in [0.05, 0.1) is 11.5 Å². The van der Waals surface area contributed by atoms with E-state index in [1.165, 1.54) is 29.5 Å². The first-order chi connectivity index (χ1) is 14.8. The van der Waals surface area contributed by atoms with Gasteiger partial charge in [-0.1, -0.05) is 17.8 Å². The average Bonchev–Trinajstić information content (AvgIpc) is 3.10. The minimum absolute atomic E-state index is 0.0845. The summed E-state index contributed by atoms with van der Waals surface area (Å²) in [7, 11) is 2.10. The van der Waals surface area contributed by atoms with Gasteiger partial charge >= 0.3 is 0 Å². The van der Waals surface area contributed by atoms with Crippen LogP contribution < -0.4 is 5.32 Å². The first kappa shape index (κ1) is 21.7. The number of carbonyl (C=O) groups is 1. The highest BCUT2D eigenvalue weighted by Gasteiger charge is 2.39. The molecular formula is C24H27FN4OS. The van der Waals surface area contributed by atoms with Crippen molar-refractivity contribution in [2.75, 3.05) is 31.2 Å². The Kier molecular flexibility index (Phi) is 6.25. The molecule has 5 nitrogen and oxygen atoms in total. The number of likely N-dealkylation sites (tertiary alicyclic amines) is 1. The summed E-state index contributed by atoms with van der Waals surface area (Å²) in [6.45, 7) is 5.92. The maximum atomic E-state index is 13.4. The Morgan fingerprint density at radius 3 is 2.48 bits per heavy atom. The molecule has 0 radical (unpaired) electrons. The molecule has 0 unspecified atom stereocenters. The second-order valence-electron chi connectivity index (χ2n) is 8.31. The van der Waals surface area contributed by atoms with Crippen LogP contribution in [0.2, 0.25) is 0 Å². The van der Waals surface area contributed by atoms with Gasteiger partial charge in [0.15, 0.2) is 5.66 Å². The zero-order valence-corrected chi connectivity index (χ0v) is 18.9. The number of thioether (sulfide) groups is 1. The van der Waals surface area contributed by atoms with Crippen molar-refractivity contribution in [3.63, 3.8) is 0 Å². The summed E-state index contributed by atoms with van der Waals surface area (Å²) in [6, 6.07) is 12.2. The van der Waals surface area contributed by atoms with Gasteiger partial charge in [-0.2, -0.15) is 0 Å². The number of aryl methyl sites for hydroxylation is 2. The van der Waals surface area contributed by atoms with E-state index in [0.29, 0.717) is 0 Å². The molecule has 0 saturated carbocycles. The van der Waals surface area contributed by atoms with Gasteiger partial charge in [0.25, 0.3) is 0 Å². The smallest absolute Gasteiger partial charge is 0.234 e. The number of hydrogen-bond donors (Lipinski definition) is 1. The third-order valence-electron chi connectivity index (χ3n) is 5.87. The lowest BCUT2D eigenvalue weighted by Crippen LogP contribution is -2.39. The largest absolute Gasteiger partial charge is 0.325 e. The maximum Gasteiger partial charge on any atom is 0.234 e. The minimum Gasteiger partial charge on any atom is -0.325 e. The molecule has 1 N–H and O–H groups in total. The molecule has 0 aliphatic carbocycles. The van der Waals surface area contributed by atoms with E-state index in [1.54, 1.807) is 12.1 Å². The molecule has 0 bridgehead atoms. The van der Waals surface area contributed by atoms with Gasteiger partial charge in [-0.3, -0.25) is 9.79 Å². The Bertz CT molecular complexity index is 1040. The highest BCUT2D eigenvalue weighted by molar-refractivity contribution is 8.16. The van der Waals surface area contributed by atoms with Gasteiger partial charge < -0.3 is 10.2 Å². The van der Waals surface area contributed by atoms with E-state index >= 15 is 0 Å². The number of rotatable bonds is 4. The van der Waals surface area contributed by atoms with Crippen LogP contribution in [0.4, 0.5) is 10.1 Å². The van der Waals surface area contributed by atoms with Crippen LogP contribution in [0.15, 0.2) is 52.4 Å². The molecule has 31 heavy (non-hydrogen) atoms. The quantitative estimate of drug-likeness (QED) is 0.768. The topological polar surface area (TPSA) is 57.1 Å². The molecular weight excluding hydrogens is 411 g/mol. The van der Waals surface area contributed by atoms with Crippen molar-refractivity contribution in [3.05, 3.63) is 65.0 Å². The molecule has 1 spiro atoms. The number of nitrogens with zero attached hydrogens (tertiary/aromatic N) is 3. The molecule has 0 atom stereocenters. The van der Waals surface area contributed by atoms with Crippen molar-refractivity contribution in [2.24, 2.45) is 9.98 Å². The van der Waals surface area contributed by atoms with Gasteiger partial charge in [-0.05, 0) is 68.4 Å². The molecule has 2 aromatic carbocycles. The number of amides is 1. The Labute approximate surface area is 186 Å². The van der Waals surface area contributed by atoms with Crippen LogP contribution in [-0.2, 0) is 4.79 Å². The van der Waals surface area contributed by atoms with E-state index in [-0.39, 0.29) is 17.5 Å².